The smallest absolute Gasteiger partial charge is 0.416 e. The number of benzene rings is 1. The largest absolute Gasteiger partial charge is 0.463 e. The molecule has 0 aliphatic heterocycles. The van der Waals surface area contributed by atoms with Crippen LogP contribution in [0.25, 0.3) is 0 Å². The van der Waals surface area contributed by atoms with Crippen molar-refractivity contribution in [1.82, 2.24) is 0 Å². The molecule has 0 bridgehead atoms. The van der Waals surface area contributed by atoms with Gasteiger partial charge in [0.05, 0.1) is 12.2 Å². The Morgan fingerprint density at radius 2 is 2.05 bits per heavy atom. The van der Waals surface area contributed by atoms with E-state index in [-0.39, 0.29) is 12.3 Å². The predicted octanol–water partition coefficient (Wildman–Crippen LogP) is 3.97. The molecule has 0 fully saturated rings. The van der Waals surface area contributed by atoms with Crippen LogP contribution >= 0.6 is 0 Å². The van der Waals surface area contributed by atoms with Gasteiger partial charge < -0.3 is 10.1 Å². The van der Waals surface area contributed by atoms with Gasteiger partial charge in [-0.25, -0.2) is 4.79 Å². The molecule has 20 heavy (non-hydrogen) atoms. The first kappa shape index (κ1) is 16.1. The molecule has 0 saturated heterocycles. The zero-order valence-electron chi connectivity index (χ0n) is 11.3. The van der Waals surface area contributed by atoms with Crippen molar-refractivity contribution >= 4 is 11.7 Å². The van der Waals surface area contributed by atoms with E-state index in [0.29, 0.717) is 12.1 Å². The summed E-state index contributed by atoms with van der Waals surface area (Å²) in [6.45, 7) is 3.71. The molecule has 1 N–H and O–H groups in total. The van der Waals surface area contributed by atoms with Crippen molar-refractivity contribution in [2.24, 2.45) is 0 Å². The number of hydrogen-bond acceptors (Lipinski definition) is 3. The quantitative estimate of drug-likeness (QED) is 0.657. The molecule has 0 heterocycles. The van der Waals surface area contributed by atoms with E-state index in [1.54, 1.807) is 13.8 Å². The standard InChI is InChI=1S/C14H16F3NO2/c1-3-11(9-13(19)20-4-2)18-12-7-5-6-10(8-12)14(15,16)17/h5-9,18H,3-4H2,1-2H3/b11-9+. The second kappa shape index (κ2) is 6.98. The van der Waals surface area contributed by atoms with Crippen LogP contribution in [0.1, 0.15) is 25.8 Å². The van der Waals surface area contributed by atoms with Crippen LogP contribution in [0.2, 0.25) is 0 Å². The molecule has 0 aromatic heterocycles. The van der Waals surface area contributed by atoms with E-state index in [2.05, 4.69) is 5.32 Å². The first-order chi connectivity index (χ1) is 9.36. The van der Waals surface area contributed by atoms with Crippen LogP contribution in [0.5, 0.6) is 0 Å². The summed E-state index contributed by atoms with van der Waals surface area (Å²) in [5.74, 6) is -0.524. The van der Waals surface area contributed by atoms with Gasteiger partial charge in [0.15, 0.2) is 0 Å². The van der Waals surface area contributed by atoms with Gasteiger partial charge in [-0.2, -0.15) is 13.2 Å². The fraction of sp³-hybridized carbons (Fsp3) is 0.357. The van der Waals surface area contributed by atoms with Crippen LogP contribution in [0, 0.1) is 0 Å². The molecule has 6 heteroatoms. The molecule has 0 atom stereocenters. The van der Waals surface area contributed by atoms with Gasteiger partial charge in [-0.15, -0.1) is 0 Å². The highest BCUT2D eigenvalue weighted by molar-refractivity contribution is 5.83. The summed E-state index contributed by atoms with van der Waals surface area (Å²) in [5.41, 5.74) is 0.0223. The zero-order chi connectivity index (χ0) is 15.2. The minimum absolute atomic E-state index is 0.246. The van der Waals surface area contributed by atoms with Crippen molar-refractivity contribution in [3.8, 4) is 0 Å². The lowest BCUT2D eigenvalue weighted by Gasteiger charge is -2.12. The van der Waals surface area contributed by atoms with E-state index in [1.165, 1.54) is 18.2 Å². The first-order valence-corrected chi connectivity index (χ1v) is 6.18. The molecule has 110 valence electrons. The molecule has 1 aromatic carbocycles. The highest BCUT2D eigenvalue weighted by Gasteiger charge is 2.30. The molecular weight excluding hydrogens is 271 g/mol. The second-order valence-electron chi connectivity index (χ2n) is 3.98. The third kappa shape index (κ3) is 4.95. The van der Waals surface area contributed by atoms with E-state index >= 15 is 0 Å². The van der Waals surface area contributed by atoms with Gasteiger partial charge in [-0.3, -0.25) is 0 Å². The topological polar surface area (TPSA) is 38.3 Å². The van der Waals surface area contributed by atoms with Crippen molar-refractivity contribution < 1.29 is 22.7 Å². The third-order valence-electron chi connectivity index (χ3n) is 2.45. The van der Waals surface area contributed by atoms with Crippen molar-refractivity contribution in [3.05, 3.63) is 41.6 Å². The van der Waals surface area contributed by atoms with Gasteiger partial charge in [0, 0.05) is 17.5 Å². The predicted molar refractivity (Wildman–Crippen MR) is 70.1 cm³/mol. The average molecular weight is 287 g/mol. The SMILES string of the molecule is CCOC(=O)/C=C(\CC)Nc1cccc(C(F)(F)F)c1. The molecule has 3 nitrogen and oxygen atoms in total. The van der Waals surface area contributed by atoms with Crippen LogP contribution in [-0.4, -0.2) is 12.6 Å². The van der Waals surface area contributed by atoms with Crippen LogP contribution in [0.4, 0.5) is 18.9 Å². The van der Waals surface area contributed by atoms with Gasteiger partial charge in [-0.1, -0.05) is 13.0 Å². The van der Waals surface area contributed by atoms with E-state index in [1.807, 2.05) is 0 Å². The third-order valence-corrected chi connectivity index (χ3v) is 2.45. The van der Waals surface area contributed by atoms with Crippen LogP contribution in [0.3, 0.4) is 0 Å². The van der Waals surface area contributed by atoms with Gasteiger partial charge in [0.2, 0.25) is 0 Å². The summed E-state index contributed by atoms with van der Waals surface area (Å²) < 4.78 is 42.5. The molecule has 0 spiro atoms. The molecule has 0 radical (unpaired) electrons. The summed E-state index contributed by atoms with van der Waals surface area (Å²) >= 11 is 0. The number of carbonyl (C=O) groups excluding carboxylic acids is 1. The number of anilines is 1. The lowest BCUT2D eigenvalue weighted by molar-refractivity contribution is -0.138. The molecule has 1 aromatic rings. The molecule has 0 aliphatic carbocycles. The summed E-state index contributed by atoms with van der Waals surface area (Å²) in [7, 11) is 0. The number of alkyl halides is 3. The van der Waals surface area contributed by atoms with Crippen molar-refractivity contribution in [2.75, 3.05) is 11.9 Å². The fourth-order valence-corrected chi connectivity index (χ4v) is 1.51. The Morgan fingerprint density at radius 3 is 2.60 bits per heavy atom. The second-order valence-corrected chi connectivity index (χ2v) is 3.98. The van der Waals surface area contributed by atoms with E-state index < -0.39 is 17.7 Å². The highest BCUT2D eigenvalue weighted by Crippen LogP contribution is 2.31. The number of carbonyl (C=O) groups is 1. The maximum atomic E-state index is 12.6. The van der Waals surface area contributed by atoms with Gasteiger partial charge in [-0.05, 0) is 31.5 Å². The van der Waals surface area contributed by atoms with Gasteiger partial charge in [0.1, 0.15) is 0 Å². The normalized spacial score (nSPS) is 12.2. The number of allylic oxidation sites excluding steroid dienone is 1. The number of rotatable bonds is 5. The lowest BCUT2D eigenvalue weighted by atomic mass is 10.2. The maximum absolute atomic E-state index is 12.6. The summed E-state index contributed by atoms with van der Waals surface area (Å²) in [6.07, 6.45) is -2.69. The van der Waals surface area contributed by atoms with Crippen molar-refractivity contribution in [3.63, 3.8) is 0 Å². The van der Waals surface area contributed by atoms with Crippen LogP contribution in [0.15, 0.2) is 36.0 Å². The monoisotopic (exact) mass is 287 g/mol. The zero-order valence-corrected chi connectivity index (χ0v) is 11.3. The van der Waals surface area contributed by atoms with E-state index in [4.69, 9.17) is 4.74 Å². The van der Waals surface area contributed by atoms with E-state index in [9.17, 15) is 18.0 Å². The number of halogens is 3. The van der Waals surface area contributed by atoms with Gasteiger partial charge in [0.25, 0.3) is 0 Å². The molecule has 0 aliphatic rings. The first-order valence-electron chi connectivity index (χ1n) is 6.18. The number of nitrogens with one attached hydrogen (secondary N) is 1. The lowest BCUT2D eigenvalue weighted by Crippen LogP contribution is -2.08. The average Bonchev–Trinajstić information content (AvgIpc) is 2.37. The Morgan fingerprint density at radius 1 is 1.35 bits per heavy atom. The maximum Gasteiger partial charge on any atom is 0.416 e. The van der Waals surface area contributed by atoms with Gasteiger partial charge >= 0.3 is 12.1 Å². The molecule has 1 rings (SSSR count). The van der Waals surface area contributed by atoms with Crippen LogP contribution < -0.4 is 5.32 Å². The van der Waals surface area contributed by atoms with E-state index in [0.717, 1.165) is 12.1 Å². The Hall–Kier alpha value is -1.98. The Bertz CT molecular complexity index is 495. The molecule has 0 amide bonds. The Labute approximate surface area is 115 Å². The number of ether oxygens (including phenoxy) is 1. The number of hydrogen-bond donors (Lipinski definition) is 1. The Balaban J connectivity index is 2.88. The number of esters is 1. The summed E-state index contributed by atoms with van der Waals surface area (Å²) in [6, 6.07) is 4.80. The summed E-state index contributed by atoms with van der Waals surface area (Å²) in [5, 5.41) is 2.79. The minimum atomic E-state index is -4.39. The molecule has 0 unspecified atom stereocenters. The minimum Gasteiger partial charge on any atom is -0.463 e. The van der Waals surface area contributed by atoms with Crippen molar-refractivity contribution in [2.45, 2.75) is 26.4 Å². The molecule has 0 saturated carbocycles. The molecular formula is C14H16F3NO2. The Kier molecular flexibility index (Phi) is 5.61. The van der Waals surface area contributed by atoms with Crippen LogP contribution in [-0.2, 0) is 15.7 Å². The fourth-order valence-electron chi connectivity index (χ4n) is 1.51. The highest BCUT2D eigenvalue weighted by atomic mass is 19.4. The van der Waals surface area contributed by atoms with Crippen molar-refractivity contribution in [1.29, 1.82) is 0 Å². The summed E-state index contributed by atoms with van der Waals surface area (Å²) in [4.78, 5) is 11.3.